The minimum absolute atomic E-state index is 0.418. The highest BCUT2D eigenvalue weighted by atomic mass is 35.5. The largest absolute Gasteiger partial charge is 0.123 e. The minimum Gasteiger partial charge on any atom is -0.123 e. The van der Waals surface area contributed by atoms with Gasteiger partial charge in [-0.15, -0.1) is 11.6 Å². The van der Waals surface area contributed by atoms with Crippen molar-refractivity contribution in [1.82, 2.24) is 0 Å². The van der Waals surface area contributed by atoms with Crippen LogP contribution in [0.4, 0.5) is 0 Å². The molecule has 0 saturated carbocycles. The molecule has 0 aromatic carbocycles. The van der Waals surface area contributed by atoms with Gasteiger partial charge in [-0.25, -0.2) is 0 Å². The third-order valence-electron chi connectivity index (χ3n) is 1.89. The van der Waals surface area contributed by atoms with Crippen molar-refractivity contribution in [2.75, 3.05) is 0 Å². The highest BCUT2D eigenvalue weighted by Crippen LogP contribution is 2.14. The fraction of sp³-hybridized carbons (Fsp3) is 0.900. The maximum absolute atomic E-state index is 6.07. The average Bonchev–Trinajstić information content (AvgIpc) is 2.01. The van der Waals surface area contributed by atoms with Crippen molar-refractivity contribution in [3.63, 3.8) is 0 Å². The van der Waals surface area contributed by atoms with Crippen molar-refractivity contribution >= 4 is 11.6 Å². The fourth-order valence-corrected chi connectivity index (χ4v) is 1.42. The van der Waals surface area contributed by atoms with E-state index in [1.807, 2.05) is 0 Å². The van der Waals surface area contributed by atoms with Crippen molar-refractivity contribution in [3.8, 4) is 0 Å². The predicted octanol–water partition coefficient (Wildman–Crippen LogP) is 4.18. The molecule has 0 aliphatic rings. The Bertz CT molecular complexity index is 71.3. The standard InChI is InChI=1S/C10H20Cl/c1-3-5-7-9-10(11)8-6-4-2/h10H,1,3-9H2,2H3. The molecule has 0 fully saturated rings. The smallest absolute Gasteiger partial charge is 0.0336 e. The Kier molecular flexibility index (Phi) is 8.61. The van der Waals surface area contributed by atoms with Crippen LogP contribution in [-0.4, -0.2) is 5.38 Å². The molecule has 0 nitrogen and oxygen atoms in total. The van der Waals surface area contributed by atoms with Crippen LogP contribution in [0.5, 0.6) is 0 Å². The second-order valence-electron chi connectivity index (χ2n) is 3.09. The van der Waals surface area contributed by atoms with Crippen LogP contribution in [0.25, 0.3) is 0 Å². The number of hydrogen-bond donors (Lipinski definition) is 0. The molecule has 0 bridgehead atoms. The number of hydrogen-bond acceptors (Lipinski definition) is 0. The third-order valence-corrected chi connectivity index (χ3v) is 2.32. The van der Waals surface area contributed by atoms with E-state index in [4.69, 9.17) is 11.6 Å². The van der Waals surface area contributed by atoms with E-state index in [2.05, 4.69) is 13.8 Å². The van der Waals surface area contributed by atoms with Gasteiger partial charge in [-0.1, -0.05) is 46.0 Å². The SMILES string of the molecule is [CH2]CCCCC(Cl)CCCC. The normalized spacial score (nSPS) is 13.4. The number of halogens is 1. The molecule has 0 aliphatic heterocycles. The molecule has 0 amide bonds. The predicted molar refractivity (Wildman–Crippen MR) is 53.0 cm³/mol. The third kappa shape index (κ3) is 8.19. The Morgan fingerprint density at radius 2 is 1.82 bits per heavy atom. The molecule has 1 heteroatoms. The molecule has 0 spiro atoms. The van der Waals surface area contributed by atoms with Gasteiger partial charge in [0.1, 0.15) is 0 Å². The van der Waals surface area contributed by atoms with Crippen LogP contribution in [0.15, 0.2) is 0 Å². The highest BCUT2D eigenvalue weighted by molar-refractivity contribution is 6.20. The second kappa shape index (κ2) is 8.39. The maximum atomic E-state index is 6.07. The lowest BCUT2D eigenvalue weighted by Crippen LogP contribution is -1.97. The van der Waals surface area contributed by atoms with E-state index in [0.29, 0.717) is 5.38 Å². The van der Waals surface area contributed by atoms with Crippen molar-refractivity contribution in [2.24, 2.45) is 0 Å². The van der Waals surface area contributed by atoms with Crippen molar-refractivity contribution < 1.29 is 0 Å². The number of alkyl halides is 1. The van der Waals surface area contributed by atoms with Crippen molar-refractivity contribution in [3.05, 3.63) is 6.92 Å². The van der Waals surface area contributed by atoms with Gasteiger partial charge < -0.3 is 0 Å². The monoisotopic (exact) mass is 175 g/mol. The Morgan fingerprint density at radius 1 is 1.18 bits per heavy atom. The van der Waals surface area contributed by atoms with Crippen molar-refractivity contribution in [1.29, 1.82) is 0 Å². The Balaban J connectivity index is 3.02. The Hall–Kier alpha value is 0.290. The summed E-state index contributed by atoms with van der Waals surface area (Å²) >= 11 is 6.07. The summed E-state index contributed by atoms with van der Waals surface area (Å²) in [7, 11) is 0. The fourth-order valence-electron chi connectivity index (χ4n) is 1.11. The first kappa shape index (κ1) is 11.3. The minimum atomic E-state index is 0.418. The van der Waals surface area contributed by atoms with Gasteiger partial charge in [-0.2, -0.15) is 0 Å². The summed E-state index contributed by atoms with van der Waals surface area (Å²) in [6.45, 7) is 6.01. The summed E-state index contributed by atoms with van der Waals surface area (Å²) in [5, 5.41) is 0.418. The number of unbranched alkanes of at least 4 members (excludes halogenated alkanes) is 3. The summed E-state index contributed by atoms with van der Waals surface area (Å²) in [6.07, 6.45) is 8.44. The summed E-state index contributed by atoms with van der Waals surface area (Å²) in [4.78, 5) is 0. The summed E-state index contributed by atoms with van der Waals surface area (Å²) in [5.74, 6) is 0. The molecule has 0 aromatic rings. The number of rotatable bonds is 7. The van der Waals surface area contributed by atoms with Crippen molar-refractivity contribution in [2.45, 2.75) is 57.2 Å². The van der Waals surface area contributed by atoms with E-state index in [1.165, 1.54) is 38.5 Å². The van der Waals surface area contributed by atoms with Gasteiger partial charge in [0.2, 0.25) is 0 Å². The van der Waals surface area contributed by atoms with Crippen LogP contribution >= 0.6 is 11.6 Å². The molecule has 0 N–H and O–H groups in total. The van der Waals surface area contributed by atoms with Crippen LogP contribution in [0.1, 0.15) is 51.9 Å². The lowest BCUT2D eigenvalue weighted by Gasteiger charge is -2.06. The topological polar surface area (TPSA) is 0 Å². The van der Waals surface area contributed by atoms with Gasteiger partial charge in [0.05, 0.1) is 0 Å². The molecule has 0 rings (SSSR count). The summed E-state index contributed by atoms with van der Waals surface area (Å²) in [6, 6.07) is 0. The van der Waals surface area contributed by atoms with Gasteiger partial charge >= 0.3 is 0 Å². The second-order valence-corrected chi connectivity index (χ2v) is 3.71. The van der Waals surface area contributed by atoms with E-state index in [9.17, 15) is 0 Å². The molecular formula is C10H20Cl. The molecule has 0 aromatic heterocycles. The van der Waals surface area contributed by atoms with E-state index < -0.39 is 0 Å². The first-order valence-corrected chi connectivity index (χ1v) is 5.18. The van der Waals surface area contributed by atoms with Crippen LogP contribution < -0.4 is 0 Å². The Morgan fingerprint density at radius 3 is 2.36 bits per heavy atom. The average molecular weight is 176 g/mol. The lowest BCUT2D eigenvalue weighted by atomic mass is 10.1. The molecule has 67 valence electrons. The first-order valence-electron chi connectivity index (χ1n) is 4.74. The van der Waals surface area contributed by atoms with Gasteiger partial charge in [-0.3, -0.25) is 0 Å². The molecule has 1 atom stereocenters. The molecule has 11 heavy (non-hydrogen) atoms. The molecule has 0 saturated heterocycles. The van der Waals surface area contributed by atoms with Gasteiger partial charge in [0, 0.05) is 5.38 Å². The van der Waals surface area contributed by atoms with E-state index in [-0.39, 0.29) is 0 Å². The first-order chi connectivity index (χ1) is 5.31. The maximum Gasteiger partial charge on any atom is 0.0336 e. The molecule has 0 heterocycles. The van der Waals surface area contributed by atoms with Gasteiger partial charge in [0.15, 0.2) is 0 Å². The summed E-state index contributed by atoms with van der Waals surface area (Å²) in [5.41, 5.74) is 0. The molecular weight excluding hydrogens is 156 g/mol. The molecule has 1 unspecified atom stereocenters. The zero-order valence-corrected chi connectivity index (χ0v) is 8.37. The van der Waals surface area contributed by atoms with Crippen LogP contribution in [0, 0.1) is 6.92 Å². The van der Waals surface area contributed by atoms with Crippen LogP contribution in [0.3, 0.4) is 0 Å². The van der Waals surface area contributed by atoms with Gasteiger partial charge in [0.25, 0.3) is 0 Å². The highest BCUT2D eigenvalue weighted by Gasteiger charge is 2.01. The quantitative estimate of drug-likeness (QED) is 0.402. The Labute approximate surface area is 76.3 Å². The summed E-state index contributed by atoms with van der Waals surface area (Å²) < 4.78 is 0. The van der Waals surface area contributed by atoms with Crippen LogP contribution in [-0.2, 0) is 0 Å². The molecule has 0 aliphatic carbocycles. The van der Waals surface area contributed by atoms with E-state index in [1.54, 1.807) is 0 Å². The van der Waals surface area contributed by atoms with Crippen LogP contribution in [0.2, 0.25) is 0 Å². The lowest BCUT2D eigenvalue weighted by molar-refractivity contribution is 0.599. The van der Waals surface area contributed by atoms with E-state index >= 15 is 0 Å². The van der Waals surface area contributed by atoms with Gasteiger partial charge in [-0.05, 0) is 12.8 Å². The molecule has 1 radical (unpaired) electrons. The zero-order valence-electron chi connectivity index (χ0n) is 7.61. The van der Waals surface area contributed by atoms with E-state index in [0.717, 1.165) is 6.42 Å². The zero-order chi connectivity index (χ0) is 8.53.